The molecule has 110 valence electrons. The van der Waals surface area contributed by atoms with E-state index in [0.717, 1.165) is 12.8 Å². The third-order valence-corrected chi connectivity index (χ3v) is 3.05. The molecule has 4 N–H and O–H groups in total. The van der Waals surface area contributed by atoms with Gasteiger partial charge in [0.2, 0.25) is 0 Å². The third kappa shape index (κ3) is 3.75. The number of nitro benzene ring substituents is 1. The molecule has 1 aromatic rings. The quantitative estimate of drug-likeness (QED) is 0.241. The Hall–Kier alpha value is -1.99. The zero-order valence-electron chi connectivity index (χ0n) is 11.7. The molecule has 0 aliphatic carbocycles. The minimum atomic E-state index is -0.698. The van der Waals surface area contributed by atoms with E-state index in [1.165, 1.54) is 19.2 Å². The lowest BCUT2D eigenvalue weighted by Crippen LogP contribution is -2.32. The molecule has 1 unspecified atom stereocenters. The fourth-order valence-corrected chi connectivity index (χ4v) is 1.97. The number of aliphatic imine (C=N–C) groups is 1. The van der Waals surface area contributed by atoms with E-state index in [9.17, 15) is 15.2 Å². The summed E-state index contributed by atoms with van der Waals surface area (Å²) in [6.07, 6.45) is 1.72. The molecule has 0 saturated carbocycles. The standard InChI is InChI=1S/C13H20N4O3/c1-3-4-5-12(18)10-7-6-9(17(19)20)8-11(10)13(15-2)16-14/h6-8,12,18H,3-5,14H2,1-2H3,(H,15,16). The first kappa shape index (κ1) is 16.1. The minimum Gasteiger partial charge on any atom is -0.388 e. The number of aliphatic hydroxyl groups is 1. The lowest BCUT2D eigenvalue weighted by atomic mass is 9.97. The average Bonchev–Trinajstić information content (AvgIpc) is 2.45. The molecular formula is C13H20N4O3. The van der Waals surface area contributed by atoms with Crippen LogP contribution < -0.4 is 11.3 Å². The van der Waals surface area contributed by atoms with Crippen LogP contribution in [0.3, 0.4) is 0 Å². The lowest BCUT2D eigenvalue weighted by Gasteiger charge is -2.16. The van der Waals surface area contributed by atoms with E-state index in [2.05, 4.69) is 10.4 Å². The SMILES string of the molecule is CCCCC(O)c1ccc([N+](=O)[O-])cc1C(=NC)NN. The maximum absolute atomic E-state index is 10.9. The normalized spacial score (nSPS) is 13.1. The number of benzene rings is 1. The zero-order valence-corrected chi connectivity index (χ0v) is 11.7. The summed E-state index contributed by atoms with van der Waals surface area (Å²) in [5, 5.41) is 21.1. The summed E-state index contributed by atoms with van der Waals surface area (Å²) in [5.74, 6) is 5.68. The Bertz CT molecular complexity index is 502. The van der Waals surface area contributed by atoms with Crippen molar-refractivity contribution in [1.29, 1.82) is 0 Å². The first-order chi connectivity index (χ1) is 9.54. The Balaban J connectivity index is 3.25. The van der Waals surface area contributed by atoms with Gasteiger partial charge in [0.15, 0.2) is 0 Å². The summed E-state index contributed by atoms with van der Waals surface area (Å²) in [4.78, 5) is 14.3. The van der Waals surface area contributed by atoms with Gasteiger partial charge >= 0.3 is 0 Å². The molecule has 7 nitrogen and oxygen atoms in total. The van der Waals surface area contributed by atoms with E-state index < -0.39 is 11.0 Å². The number of amidine groups is 1. The van der Waals surface area contributed by atoms with Gasteiger partial charge in [-0.1, -0.05) is 19.8 Å². The molecule has 0 saturated heterocycles. The zero-order chi connectivity index (χ0) is 15.1. The van der Waals surface area contributed by atoms with Gasteiger partial charge in [-0.05, 0) is 18.1 Å². The predicted molar refractivity (Wildman–Crippen MR) is 77.4 cm³/mol. The molecule has 20 heavy (non-hydrogen) atoms. The smallest absolute Gasteiger partial charge is 0.270 e. The number of unbranched alkanes of at least 4 members (excludes halogenated alkanes) is 1. The van der Waals surface area contributed by atoms with Crippen molar-refractivity contribution >= 4 is 11.5 Å². The monoisotopic (exact) mass is 280 g/mol. The molecule has 0 spiro atoms. The Labute approximate surface area is 117 Å². The molecule has 1 rings (SSSR count). The number of aliphatic hydroxyl groups excluding tert-OH is 1. The van der Waals surface area contributed by atoms with Crippen molar-refractivity contribution in [2.75, 3.05) is 7.05 Å². The number of nitro groups is 1. The second-order valence-corrected chi connectivity index (χ2v) is 4.40. The Kier molecular flexibility index (Phi) is 6.08. The molecule has 1 aromatic carbocycles. The van der Waals surface area contributed by atoms with E-state index in [-0.39, 0.29) is 5.69 Å². The Morgan fingerprint density at radius 1 is 1.60 bits per heavy atom. The highest BCUT2D eigenvalue weighted by Gasteiger charge is 2.19. The van der Waals surface area contributed by atoms with Crippen molar-refractivity contribution < 1.29 is 10.0 Å². The molecule has 0 fully saturated rings. The van der Waals surface area contributed by atoms with Gasteiger partial charge in [-0.15, -0.1) is 0 Å². The molecular weight excluding hydrogens is 260 g/mol. The van der Waals surface area contributed by atoms with E-state index >= 15 is 0 Å². The highest BCUT2D eigenvalue weighted by molar-refractivity contribution is 6.00. The van der Waals surface area contributed by atoms with Crippen LogP contribution >= 0.6 is 0 Å². The predicted octanol–water partition coefficient (Wildman–Crippen LogP) is 1.66. The van der Waals surface area contributed by atoms with Crippen LogP contribution in [0.2, 0.25) is 0 Å². The van der Waals surface area contributed by atoms with Crippen molar-refractivity contribution in [1.82, 2.24) is 5.43 Å². The summed E-state index contributed by atoms with van der Waals surface area (Å²) in [6.45, 7) is 2.03. The molecule has 1 atom stereocenters. The Morgan fingerprint density at radius 3 is 2.80 bits per heavy atom. The summed E-state index contributed by atoms with van der Waals surface area (Å²) >= 11 is 0. The third-order valence-electron chi connectivity index (χ3n) is 3.05. The number of hydrogen-bond acceptors (Lipinski definition) is 5. The largest absolute Gasteiger partial charge is 0.388 e. The molecule has 0 aliphatic rings. The van der Waals surface area contributed by atoms with Crippen molar-refractivity contribution in [3.05, 3.63) is 39.4 Å². The van der Waals surface area contributed by atoms with E-state index in [1.54, 1.807) is 6.07 Å². The highest BCUT2D eigenvalue weighted by Crippen LogP contribution is 2.26. The van der Waals surface area contributed by atoms with Crippen molar-refractivity contribution in [3.63, 3.8) is 0 Å². The van der Waals surface area contributed by atoms with Crippen molar-refractivity contribution in [3.8, 4) is 0 Å². The van der Waals surface area contributed by atoms with Crippen LogP contribution in [0, 0.1) is 10.1 Å². The van der Waals surface area contributed by atoms with Crippen LogP contribution in [0.4, 0.5) is 5.69 Å². The van der Waals surface area contributed by atoms with E-state index in [1.807, 2.05) is 6.92 Å². The van der Waals surface area contributed by atoms with Gasteiger partial charge in [-0.25, -0.2) is 5.84 Å². The number of nitrogens with two attached hydrogens (primary N) is 1. The maximum Gasteiger partial charge on any atom is 0.270 e. The van der Waals surface area contributed by atoms with E-state index in [0.29, 0.717) is 23.4 Å². The number of hydrogen-bond donors (Lipinski definition) is 3. The topological polar surface area (TPSA) is 114 Å². The van der Waals surface area contributed by atoms with Gasteiger partial charge in [0.05, 0.1) is 11.0 Å². The van der Waals surface area contributed by atoms with Gasteiger partial charge in [-0.2, -0.15) is 0 Å². The second-order valence-electron chi connectivity index (χ2n) is 4.40. The van der Waals surface area contributed by atoms with E-state index in [4.69, 9.17) is 5.84 Å². The second kappa shape index (κ2) is 7.56. The lowest BCUT2D eigenvalue weighted by molar-refractivity contribution is -0.384. The first-order valence-corrected chi connectivity index (χ1v) is 6.45. The Morgan fingerprint density at radius 2 is 2.30 bits per heavy atom. The average molecular weight is 280 g/mol. The minimum absolute atomic E-state index is 0.0668. The summed E-state index contributed by atoms with van der Waals surface area (Å²) in [7, 11) is 1.52. The number of non-ortho nitro benzene ring substituents is 1. The van der Waals surface area contributed by atoms with Crippen molar-refractivity contribution in [2.24, 2.45) is 10.8 Å². The summed E-state index contributed by atoms with van der Waals surface area (Å²) < 4.78 is 0. The van der Waals surface area contributed by atoms with Gasteiger partial charge in [0.25, 0.3) is 5.69 Å². The number of nitrogens with zero attached hydrogens (tertiary/aromatic N) is 2. The van der Waals surface area contributed by atoms with Crippen LogP contribution in [-0.2, 0) is 0 Å². The molecule has 0 aromatic heterocycles. The van der Waals surface area contributed by atoms with Gasteiger partial charge in [0, 0.05) is 24.7 Å². The summed E-state index contributed by atoms with van der Waals surface area (Å²) in [6, 6.07) is 4.29. The van der Waals surface area contributed by atoms with Gasteiger partial charge < -0.3 is 10.5 Å². The maximum atomic E-state index is 10.9. The van der Waals surface area contributed by atoms with Gasteiger partial charge in [0.1, 0.15) is 5.84 Å². The molecule has 0 radical (unpaired) electrons. The molecule has 0 amide bonds. The fourth-order valence-electron chi connectivity index (χ4n) is 1.97. The van der Waals surface area contributed by atoms with Crippen LogP contribution in [0.25, 0.3) is 0 Å². The molecule has 0 aliphatic heterocycles. The van der Waals surface area contributed by atoms with Crippen LogP contribution in [0.15, 0.2) is 23.2 Å². The number of rotatable bonds is 6. The van der Waals surface area contributed by atoms with Crippen LogP contribution in [-0.4, -0.2) is 22.9 Å². The van der Waals surface area contributed by atoms with Gasteiger partial charge in [-0.3, -0.25) is 15.1 Å². The highest BCUT2D eigenvalue weighted by atomic mass is 16.6. The summed E-state index contributed by atoms with van der Waals surface area (Å²) in [5.41, 5.74) is 3.37. The first-order valence-electron chi connectivity index (χ1n) is 6.45. The number of nitrogens with one attached hydrogen (secondary N) is 1. The molecule has 0 heterocycles. The molecule has 7 heteroatoms. The van der Waals surface area contributed by atoms with Crippen LogP contribution in [0.1, 0.15) is 43.4 Å². The molecule has 0 bridgehead atoms. The van der Waals surface area contributed by atoms with Crippen molar-refractivity contribution in [2.45, 2.75) is 32.3 Å². The van der Waals surface area contributed by atoms with Crippen LogP contribution in [0.5, 0.6) is 0 Å². The fraction of sp³-hybridized carbons (Fsp3) is 0.462. The number of hydrazine groups is 1.